The van der Waals surface area contributed by atoms with Crippen LogP contribution >= 0.6 is 0 Å². The lowest BCUT2D eigenvalue weighted by Gasteiger charge is -2.13. The number of ether oxygens (including phenoxy) is 1. The fourth-order valence-corrected chi connectivity index (χ4v) is 0.884. The molecule has 1 aliphatic rings. The van der Waals surface area contributed by atoms with Gasteiger partial charge in [0.1, 0.15) is 6.10 Å². The molecule has 52 valence electrons. The molecule has 0 aromatic heterocycles. The van der Waals surface area contributed by atoms with Crippen LogP contribution in [0.5, 0.6) is 0 Å². The third-order valence-corrected chi connectivity index (χ3v) is 1.51. The first-order valence-electron chi connectivity index (χ1n) is 3.31. The fraction of sp³-hybridized carbons (Fsp3) is 0.714. The molecule has 0 spiro atoms. The quantitative estimate of drug-likeness (QED) is 0.555. The Labute approximate surface area is 55.1 Å². The van der Waals surface area contributed by atoms with Crippen LogP contribution in [0.15, 0.2) is 12.2 Å². The van der Waals surface area contributed by atoms with Crippen molar-refractivity contribution in [1.29, 1.82) is 0 Å². The summed E-state index contributed by atoms with van der Waals surface area (Å²) >= 11 is 0. The van der Waals surface area contributed by atoms with Crippen molar-refractivity contribution in [2.45, 2.75) is 25.6 Å². The van der Waals surface area contributed by atoms with Gasteiger partial charge in [-0.15, -0.1) is 0 Å². The van der Waals surface area contributed by atoms with Crippen LogP contribution in [-0.2, 0) is 4.74 Å². The van der Waals surface area contributed by atoms with Crippen molar-refractivity contribution < 1.29 is 9.84 Å². The Morgan fingerprint density at radius 3 is 3.11 bits per heavy atom. The van der Waals surface area contributed by atoms with Crippen LogP contribution in [0.3, 0.4) is 0 Å². The summed E-state index contributed by atoms with van der Waals surface area (Å²) < 4.78 is 5.14. The number of hydrogen-bond acceptors (Lipinski definition) is 2. The summed E-state index contributed by atoms with van der Waals surface area (Å²) in [6.07, 6.45) is 4.24. The number of hydrogen-bond donors (Lipinski definition) is 1. The zero-order chi connectivity index (χ0) is 6.69. The van der Waals surface area contributed by atoms with E-state index in [0.29, 0.717) is 6.61 Å². The number of aliphatic hydroxyl groups is 1. The molecule has 1 rings (SSSR count). The molecule has 1 heterocycles. The van der Waals surface area contributed by atoms with Crippen LogP contribution in [0.4, 0.5) is 0 Å². The van der Waals surface area contributed by atoms with Gasteiger partial charge >= 0.3 is 0 Å². The van der Waals surface area contributed by atoms with Gasteiger partial charge in [0.15, 0.2) is 0 Å². The highest BCUT2D eigenvalue weighted by Crippen LogP contribution is 2.09. The van der Waals surface area contributed by atoms with Gasteiger partial charge in [-0.1, -0.05) is 19.1 Å². The monoisotopic (exact) mass is 128 g/mol. The Bertz CT molecular complexity index is 109. The molecule has 0 aromatic carbocycles. The summed E-state index contributed by atoms with van der Waals surface area (Å²) in [6, 6.07) is 0. The second-order valence-electron chi connectivity index (χ2n) is 2.20. The molecular formula is C7H12O2. The van der Waals surface area contributed by atoms with Crippen molar-refractivity contribution in [3.63, 3.8) is 0 Å². The minimum absolute atomic E-state index is 0.0463. The molecule has 0 unspecified atom stereocenters. The van der Waals surface area contributed by atoms with Crippen LogP contribution in [0.25, 0.3) is 0 Å². The highest BCUT2D eigenvalue weighted by molar-refractivity contribution is 4.98. The Kier molecular flexibility index (Phi) is 2.25. The van der Waals surface area contributed by atoms with E-state index in [9.17, 15) is 5.11 Å². The molecule has 2 atom stereocenters. The molecule has 1 N–H and O–H groups in total. The van der Waals surface area contributed by atoms with E-state index in [1.54, 1.807) is 0 Å². The summed E-state index contributed by atoms with van der Waals surface area (Å²) in [4.78, 5) is 0. The van der Waals surface area contributed by atoms with Gasteiger partial charge in [-0.2, -0.15) is 0 Å². The zero-order valence-electron chi connectivity index (χ0n) is 5.58. The lowest BCUT2D eigenvalue weighted by molar-refractivity contribution is 0.0119. The van der Waals surface area contributed by atoms with Gasteiger partial charge in [0.05, 0.1) is 12.7 Å². The van der Waals surface area contributed by atoms with E-state index in [1.165, 1.54) is 0 Å². The zero-order valence-corrected chi connectivity index (χ0v) is 5.58. The number of rotatable bonds is 2. The van der Waals surface area contributed by atoms with Gasteiger partial charge in [-0.25, -0.2) is 0 Å². The van der Waals surface area contributed by atoms with Crippen molar-refractivity contribution in [1.82, 2.24) is 0 Å². The van der Waals surface area contributed by atoms with E-state index < -0.39 is 0 Å². The molecular weight excluding hydrogens is 116 g/mol. The van der Waals surface area contributed by atoms with E-state index in [0.717, 1.165) is 6.42 Å². The Morgan fingerprint density at radius 1 is 1.89 bits per heavy atom. The van der Waals surface area contributed by atoms with Crippen LogP contribution in [0.1, 0.15) is 13.3 Å². The second-order valence-corrected chi connectivity index (χ2v) is 2.20. The summed E-state index contributed by atoms with van der Waals surface area (Å²) in [6.45, 7) is 2.60. The van der Waals surface area contributed by atoms with E-state index in [4.69, 9.17) is 4.74 Å². The summed E-state index contributed by atoms with van der Waals surface area (Å²) in [5.74, 6) is 0. The number of aliphatic hydroxyl groups excluding tert-OH is 1. The van der Waals surface area contributed by atoms with Gasteiger partial charge in [0, 0.05) is 0 Å². The average Bonchev–Trinajstić information content (AvgIpc) is 2.37. The molecule has 0 aliphatic carbocycles. The summed E-state index contributed by atoms with van der Waals surface area (Å²) in [7, 11) is 0. The maximum Gasteiger partial charge on any atom is 0.102 e. The predicted molar refractivity (Wildman–Crippen MR) is 35.2 cm³/mol. The second kappa shape index (κ2) is 2.99. The van der Waals surface area contributed by atoms with Gasteiger partial charge in [0.2, 0.25) is 0 Å². The first-order valence-corrected chi connectivity index (χ1v) is 3.31. The summed E-state index contributed by atoms with van der Waals surface area (Å²) in [5, 5.41) is 9.18. The van der Waals surface area contributed by atoms with Gasteiger partial charge in [-0.3, -0.25) is 0 Å². The molecule has 0 radical (unpaired) electrons. The summed E-state index contributed by atoms with van der Waals surface area (Å²) in [5.41, 5.74) is 0. The largest absolute Gasteiger partial charge is 0.390 e. The van der Waals surface area contributed by atoms with Crippen molar-refractivity contribution in [2.75, 3.05) is 6.61 Å². The minimum atomic E-state index is -0.316. The van der Waals surface area contributed by atoms with Crippen LogP contribution in [0, 0.1) is 0 Å². The van der Waals surface area contributed by atoms with Crippen molar-refractivity contribution in [3.8, 4) is 0 Å². The molecule has 0 saturated carbocycles. The van der Waals surface area contributed by atoms with Gasteiger partial charge in [-0.05, 0) is 6.42 Å². The van der Waals surface area contributed by atoms with Crippen LogP contribution in [0.2, 0.25) is 0 Å². The predicted octanol–water partition coefficient (Wildman–Crippen LogP) is 0.712. The Balaban J connectivity index is 2.33. The van der Waals surface area contributed by atoms with Crippen molar-refractivity contribution >= 4 is 0 Å². The minimum Gasteiger partial charge on any atom is -0.390 e. The Morgan fingerprint density at radius 2 is 2.67 bits per heavy atom. The molecule has 0 bridgehead atoms. The van der Waals surface area contributed by atoms with Gasteiger partial charge < -0.3 is 9.84 Å². The van der Waals surface area contributed by atoms with Gasteiger partial charge in [0.25, 0.3) is 0 Å². The molecule has 1 aliphatic heterocycles. The lowest BCUT2D eigenvalue weighted by atomic mass is 10.1. The van der Waals surface area contributed by atoms with Crippen molar-refractivity contribution in [2.24, 2.45) is 0 Å². The first-order chi connectivity index (χ1) is 4.34. The topological polar surface area (TPSA) is 29.5 Å². The van der Waals surface area contributed by atoms with E-state index >= 15 is 0 Å². The lowest BCUT2D eigenvalue weighted by Crippen LogP contribution is -2.23. The van der Waals surface area contributed by atoms with E-state index in [2.05, 4.69) is 0 Å². The maximum atomic E-state index is 9.18. The van der Waals surface area contributed by atoms with E-state index in [-0.39, 0.29) is 12.2 Å². The SMILES string of the molecule is CC[C@H](O)[C@@H]1C=CCO1. The highest BCUT2D eigenvalue weighted by atomic mass is 16.5. The molecule has 0 amide bonds. The highest BCUT2D eigenvalue weighted by Gasteiger charge is 2.16. The van der Waals surface area contributed by atoms with Crippen LogP contribution in [-0.4, -0.2) is 23.9 Å². The fourth-order valence-electron chi connectivity index (χ4n) is 0.884. The third-order valence-electron chi connectivity index (χ3n) is 1.51. The first kappa shape index (κ1) is 6.78. The molecule has 9 heavy (non-hydrogen) atoms. The molecule has 2 nitrogen and oxygen atoms in total. The third kappa shape index (κ3) is 1.53. The van der Waals surface area contributed by atoms with Crippen molar-refractivity contribution in [3.05, 3.63) is 12.2 Å². The Hall–Kier alpha value is -0.340. The van der Waals surface area contributed by atoms with Crippen LogP contribution < -0.4 is 0 Å². The molecule has 0 saturated heterocycles. The van der Waals surface area contributed by atoms with E-state index in [1.807, 2.05) is 19.1 Å². The maximum absolute atomic E-state index is 9.18. The molecule has 0 fully saturated rings. The average molecular weight is 128 g/mol. The molecule has 2 heteroatoms. The molecule has 0 aromatic rings. The smallest absolute Gasteiger partial charge is 0.102 e. The normalized spacial score (nSPS) is 28.9. The standard InChI is InChI=1S/C7H12O2/c1-2-6(8)7-4-3-5-9-7/h3-4,6-8H,2,5H2,1H3/t6-,7-/m0/s1.